The Morgan fingerprint density at radius 1 is 1.27 bits per heavy atom. The fourth-order valence-electron chi connectivity index (χ4n) is 2.12. The summed E-state index contributed by atoms with van der Waals surface area (Å²) in [6, 6.07) is 3.84. The van der Waals surface area contributed by atoms with Crippen molar-refractivity contribution in [3.63, 3.8) is 0 Å². The lowest BCUT2D eigenvalue weighted by Gasteiger charge is -2.29. The maximum Gasteiger partial charge on any atom is 0.222 e. The molecule has 0 spiro atoms. The maximum absolute atomic E-state index is 13.1. The van der Waals surface area contributed by atoms with Gasteiger partial charge in [-0.25, -0.2) is 8.78 Å². The van der Waals surface area contributed by atoms with Gasteiger partial charge in [-0.3, -0.25) is 4.79 Å². The third kappa shape index (κ3) is 6.71. The van der Waals surface area contributed by atoms with E-state index in [9.17, 15) is 13.6 Å². The van der Waals surface area contributed by atoms with Gasteiger partial charge in [0, 0.05) is 20.0 Å². The van der Waals surface area contributed by atoms with E-state index in [1.807, 2.05) is 13.8 Å². The van der Waals surface area contributed by atoms with Crippen molar-refractivity contribution < 1.29 is 13.6 Å². The number of nitrogens with zero attached hydrogens (tertiary/aromatic N) is 1. The molecule has 0 aliphatic carbocycles. The molecular weight excluding hydrogens is 310 g/mol. The predicted octanol–water partition coefficient (Wildman–Crippen LogP) is 3.15. The van der Waals surface area contributed by atoms with Crippen molar-refractivity contribution in [3.05, 3.63) is 35.4 Å². The van der Waals surface area contributed by atoms with Gasteiger partial charge in [0.15, 0.2) is 11.6 Å². The average Bonchev–Trinajstić information content (AvgIpc) is 2.42. The zero-order chi connectivity index (χ0) is 16.0. The van der Waals surface area contributed by atoms with Crippen LogP contribution in [0.4, 0.5) is 8.78 Å². The van der Waals surface area contributed by atoms with Crippen LogP contribution in [0.1, 0.15) is 32.3 Å². The summed E-state index contributed by atoms with van der Waals surface area (Å²) in [4.78, 5) is 13.7. The van der Waals surface area contributed by atoms with Gasteiger partial charge < -0.3 is 10.6 Å². The summed E-state index contributed by atoms with van der Waals surface area (Å²) in [7, 11) is 1.76. The quantitative estimate of drug-likeness (QED) is 0.832. The Balaban J connectivity index is 0.00000441. The zero-order valence-corrected chi connectivity index (χ0v) is 14.2. The van der Waals surface area contributed by atoms with Crippen molar-refractivity contribution in [3.8, 4) is 0 Å². The summed E-state index contributed by atoms with van der Waals surface area (Å²) in [5.74, 6) is -1.65. The summed E-state index contributed by atoms with van der Waals surface area (Å²) in [6.45, 7) is 5.14. The van der Waals surface area contributed by atoms with Crippen LogP contribution in [0, 0.1) is 17.0 Å². The van der Waals surface area contributed by atoms with E-state index >= 15 is 0 Å². The summed E-state index contributed by atoms with van der Waals surface area (Å²) < 4.78 is 25.9. The molecule has 3 nitrogen and oxygen atoms in total. The van der Waals surface area contributed by atoms with Crippen molar-refractivity contribution in [2.24, 2.45) is 11.1 Å². The number of carbonyl (C=O) groups excluding carboxylic acids is 1. The van der Waals surface area contributed by atoms with Crippen LogP contribution in [0.25, 0.3) is 0 Å². The minimum absolute atomic E-state index is 0. The number of amides is 1. The topological polar surface area (TPSA) is 46.3 Å². The van der Waals surface area contributed by atoms with Gasteiger partial charge in [0.1, 0.15) is 0 Å². The van der Waals surface area contributed by atoms with Gasteiger partial charge in [0.05, 0.1) is 0 Å². The second-order valence-electron chi connectivity index (χ2n) is 6.22. The first-order valence-electron chi connectivity index (χ1n) is 7.13. The van der Waals surface area contributed by atoms with Gasteiger partial charge in [-0.15, -0.1) is 12.4 Å². The van der Waals surface area contributed by atoms with Crippen molar-refractivity contribution in [1.82, 2.24) is 4.90 Å². The van der Waals surface area contributed by atoms with Crippen LogP contribution in [0.3, 0.4) is 0 Å². The van der Waals surface area contributed by atoms with E-state index in [4.69, 9.17) is 5.73 Å². The lowest BCUT2D eigenvalue weighted by Crippen LogP contribution is -2.39. The van der Waals surface area contributed by atoms with E-state index < -0.39 is 11.6 Å². The number of carbonyl (C=O) groups is 1. The molecule has 0 fully saturated rings. The van der Waals surface area contributed by atoms with Crippen LogP contribution in [0.15, 0.2) is 18.2 Å². The van der Waals surface area contributed by atoms with Crippen LogP contribution in [0.5, 0.6) is 0 Å². The molecule has 1 amide bonds. The second kappa shape index (κ2) is 9.06. The Hall–Kier alpha value is -1.20. The van der Waals surface area contributed by atoms with Crippen LogP contribution >= 0.6 is 12.4 Å². The monoisotopic (exact) mass is 334 g/mol. The number of aryl methyl sites for hydroxylation is 1. The highest BCUT2D eigenvalue weighted by Gasteiger charge is 2.20. The minimum Gasteiger partial charge on any atom is -0.345 e. The summed E-state index contributed by atoms with van der Waals surface area (Å²) in [5, 5.41) is 0. The van der Waals surface area contributed by atoms with Gasteiger partial charge >= 0.3 is 0 Å². The molecule has 0 aromatic heterocycles. The molecule has 0 heterocycles. The highest BCUT2D eigenvalue weighted by molar-refractivity contribution is 5.85. The molecule has 1 aromatic rings. The van der Waals surface area contributed by atoms with Crippen LogP contribution < -0.4 is 5.73 Å². The Bertz CT molecular complexity index is 495. The lowest BCUT2D eigenvalue weighted by molar-refractivity contribution is -0.131. The first-order valence-corrected chi connectivity index (χ1v) is 7.13. The average molecular weight is 335 g/mol. The number of halogens is 3. The maximum atomic E-state index is 13.1. The Morgan fingerprint density at radius 2 is 1.91 bits per heavy atom. The first kappa shape index (κ1) is 20.8. The molecule has 2 N–H and O–H groups in total. The largest absolute Gasteiger partial charge is 0.345 e. The van der Waals surface area contributed by atoms with Gasteiger partial charge in [-0.1, -0.05) is 19.9 Å². The molecule has 22 heavy (non-hydrogen) atoms. The lowest BCUT2D eigenvalue weighted by atomic mass is 9.93. The van der Waals surface area contributed by atoms with E-state index in [-0.39, 0.29) is 23.7 Å². The van der Waals surface area contributed by atoms with Crippen LogP contribution in [-0.2, 0) is 11.2 Å². The number of rotatable bonds is 7. The Kier molecular flexibility index (Phi) is 8.56. The fourth-order valence-corrected chi connectivity index (χ4v) is 2.12. The molecule has 126 valence electrons. The van der Waals surface area contributed by atoms with Crippen molar-refractivity contribution in [1.29, 1.82) is 0 Å². The third-order valence-electron chi connectivity index (χ3n) is 3.48. The summed E-state index contributed by atoms with van der Waals surface area (Å²) >= 11 is 0. The highest BCUT2D eigenvalue weighted by Crippen LogP contribution is 2.15. The van der Waals surface area contributed by atoms with Crippen molar-refractivity contribution >= 4 is 18.3 Å². The Labute approximate surface area is 137 Å². The molecule has 0 unspecified atom stereocenters. The molecule has 0 atom stereocenters. The van der Waals surface area contributed by atoms with Crippen molar-refractivity contribution in [2.75, 3.05) is 20.1 Å². The molecule has 0 aliphatic heterocycles. The van der Waals surface area contributed by atoms with E-state index in [1.54, 1.807) is 18.0 Å². The summed E-state index contributed by atoms with van der Waals surface area (Å²) in [5.41, 5.74) is 6.25. The van der Waals surface area contributed by atoms with Crippen LogP contribution in [-0.4, -0.2) is 30.9 Å². The minimum atomic E-state index is -0.849. The molecule has 1 aromatic carbocycles. The molecule has 0 radical (unpaired) electrons. The van der Waals surface area contributed by atoms with E-state index in [1.165, 1.54) is 6.07 Å². The SMILES string of the molecule is CN(CC(C)(C)CN)C(=O)CCCc1ccc(F)c(F)c1.Cl. The fraction of sp³-hybridized carbons (Fsp3) is 0.562. The first-order chi connectivity index (χ1) is 9.75. The smallest absolute Gasteiger partial charge is 0.222 e. The third-order valence-corrected chi connectivity index (χ3v) is 3.48. The highest BCUT2D eigenvalue weighted by atomic mass is 35.5. The number of hydrogen-bond donors (Lipinski definition) is 1. The molecule has 0 aliphatic rings. The number of benzene rings is 1. The normalized spacial score (nSPS) is 11.0. The van der Waals surface area contributed by atoms with Gasteiger partial charge in [-0.05, 0) is 42.5 Å². The summed E-state index contributed by atoms with van der Waals surface area (Å²) in [6.07, 6.45) is 1.55. The number of nitrogens with two attached hydrogens (primary N) is 1. The molecule has 0 bridgehead atoms. The molecular formula is C16H25ClF2N2O. The van der Waals surface area contributed by atoms with E-state index in [2.05, 4.69) is 0 Å². The van der Waals surface area contributed by atoms with E-state index in [0.717, 1.165) is 6.07 Å². The molecule has 1 rings (SSSR count). The van der Waals surface area contributed by atoms with Gasteiger partial charge in [0.25, 0.3) is 0 Å². The van der Waals surface area contributed by atoms with Crippen molar-refractivity contribution in [2.45, 2.75) is 33.1 Å². The van der Waals surface area contributed by atoms with Gasteiger partial charge in [-0.2, -0.15) is 0 Å². The predicted molar refractivity (Wildman–Crippen MR) is 87.0 cm³/mol. The standard InChI is InChI=1S/C16H24F2N2O.ClH/c1-16(2,10-19)11-20(3)15(21)6-4-5-12-7-8-13(17)14(18)9-12;/h7-9H,4-6,10-11,19H2,1-3H3;1H. The molecule has 0 saturated heterocycles. The molecule has 6 heteroatoms. The van der Waals surface area contributed by atoms with Gasteiger partial charge in [0.2, 0.25) is 5.91 Å². The van der Waals surface area contributed by atoms with E-state index in [0.29, 0.717) is 37.9 Å². The number of hydrogen-bond acceptors (Lipinski definition) is 2. The Morgan fingerprint density at radius 3 is 2.45 bits per heavy atom. The molecule has 0 saturated carbocycles. The second-order valence-corrected chi connectivity index (χ2v) is 6.22. The zero-order valence-electron chi connectivity index (χ0n) is 13.4. The van der Waals surface area contributed by atoms with Crippen LogP contribution in [0.2, 0.25) is 0 Å².